The second-order valence-corrected chi connectivity index (χ2v) is 12.7. The molecule has 8 rings (SSSR count). The molecule has 240 valence electrons. The van der Waals surface area contributed by atoms with Gasteiger partial charge in [0, 0.05) is 36.6 Å². The topological polar surface area (TPSA) is 92.7 Å². The zero-order valence-electron chi connectivity index (χ0n) is 27.0. The molecule has 4 aliphatic rings. The molecule has 4 aromatic carbocycles. The second-order valence-electron chi connectivity index (χ2n) is 12.7. The Labute approximate surface area is 269 Å². The summed E-state index contributed by atoms with van der Waals surface area (Å²) in [6, 6.07) is 19.2. The van der Waals surface area contributed by atoms with Crippen molar-refractivity contribution >= 4 is 0 Å². The number of ether oxygens (including phenoxy) is 5. The third kappa shape index (κ3) is 5.28. The van der Waals surface area contributed by atoms with Gasteiger partial charge in [-0.25, -0.2) is 0 Å². The number of methoxy groups -OCH3 is 3. The Morgan fingerprint density at radius 2 is 1.50 bits per heavy atom. The number of hydroxylamine groups is 3. The highest BCUT2D eigenvalue weighted by Crippen LogP contribution is 2.51. The van der Waals surface area contributed by atoms with Crippen LogP contribution in [0.15, 0.2) is 60.7 Å². The molecule has 4 aromatic rings. The summed E-state index contributed by atoms with van der Waals surface area (Å²) < 4.78 is 29.9. The first-order chi connectivity index (χ1) is 22.2. The highest BCUT2D eigenvalue weighted by Gasteiger charge is 2.37. The van der Waals surface area contributed by atoms with Crippen LogP contribution in [0, 0.1) is 5.21 Å². The molecule has 0 saturated heterocycles. The lowest BCUT2D eigenvalue weighted by Gasteiger charge is -2.49. The summed E-state index contributed by atoms with van der Waals surface area (Å²) in [5.74, 6) is 3.53. The number of rotatable bonds is 3. The van der Waals surface area contributed by atoms with Crippen LogP contribution in [0.25, 0.3) is 0 Å². The van der Waals surface area contributed by atoms with Gasteiger partial charge in [-0.05, 0) is 84.6 Å². The molecule has 0 aromatic heterocycles. The minimum Gasteiger partial charge on any atom is -0.633 e. The lowest BCUT2D eigenvalue weighted by molar-refractivity contribution is -0.894. The Bertz CT molecular complexity index is 1790. The standard InChI is InChI=1S/C37H40N2O7/c1-38-14-12-25-20-34(44-5)36(40)37-35(25)28(38)16-23-8-11-30(42-3)32(18-23)45-26-9-6-22(7-10-26)17-29-27-21-33(46-37)31(43-4)19-24(27)13-15-39(29,2)41/h6-11,18-21,28-29,40H,12-17H2,1-5H3/t28-,29-,39-/m0/s1. The van der Waals surface area contributed by atoms with Gasteiger partial charge in [-0.15, -0.1) is 0 Å². The molecule has 3 atom stereocenters. The molecule has 0 fully saturated rings. The molecule has 0 saturated carbocycles. The van der Waals surface area contributed by atoms with Crippen LogP contribution >= 0.6 is 0 Å². The molecule has 0 spiro atoms. The molecule has 1 N–H and O–H groups in total. The van der Waals surface area contributed by atoms with Crippen molar-refractivity contribution in [3.05, 3.63) is 99.3 Å². The number of fused-ring (bicyclic) bond motifs is 2. The largest absolute Gasteiger partial charge is 0.633 e. The van der Waals surface area contributed by atoms with Crippen molar-refractivity contribution in [2.75, 3.05) is 48.5 Å². The van der Waals surface area contributed by atoms with Gasteiger partial charge in [-0.3, -0.25) is 4.90 Å². The fourth-order valence-corrected chi connectivity index (χ4v) is 7.24. The quantitative estimate of drug-likeness (QED) is 0.195. The first kappa shape index (κ1) is 30.2. The maximum Gasteiger partial charge on any atom is 0.201 e. The summed E-state index contributed by atoms with van der Waals surface area (Å²) in [5.41, 5.74) is 5.99. The Hall–Kier alpha value is -4.44. The Morgan fingerprint density at radius 3 is 2.24 bits per heavy atom. The van der Waals surface area contributed by atoms with Crippen LogP contribution in [0.3, 0.4) is 0 Å². The monoisotopic (exact) mass is 624 g/mol. The summed E-state index contributed by atoms with van der Waals surface area (Å²) in [7, 11) is 8.62. The number of aromatic hydroxyl groups is 1. The molecular formula is C37H40N2O7. The first-order valence-corrected chi connectivity index (χ1v) is 15.7. The van der Waals surface area contributed by atoms with E-state index in [1.54, 1.807) is 28.4 Å². The fraction of sp³-hybridized carbons (Fsp3) is 0.351. The van der Waals surface area contributed by atoms with E-state index in [1.165, 1.54) is 0 Å². The SMILES string of the molecule is COc1ccc2cc1Oc1ccc(cc1)C[C@H]1c3cc(c(OC)cc3CC[N@+]1(C)[O-])Oc1c(O)c(OC)cc3c1[C@H](C2)N(C)CC3. The van der Waals surface area contributed by atoms with Crippen LogP contribution in [0.2, 0.25) is 0 Å². The Balaban J connectivity index is 1.47. The smallest absolute Gasteiger partial charge is 0.201 e. The van der Waals surface area contributed by atoms with Gasteiger partial charge < -0.3 is 38.6 Å². The van der Waals surface area contributed by atoms with E-state index in [0.717, 1.165) is 46.3 Å². The summed E-state index contributed by atoms with van der Waals surface area (Å²) in [6.45, 7) is 1.28. The maximum atomic E-state index is 14.0. The lowest BCUT2D eigenvalue weighted by Crippen LogP contribution is -2.47. The number of hydrogen-bond acceptors (Lipinski definition) is 8. The van der Waals surface area contributed by atoms with Crippen molar-refractivity contribution in [1.82, 2.24) is 4.90 Å². The number of phenolic OH excluding ortho intramolecular Hbond substituents is 1. The Morgan fingerprint density at radius 1 is 0.804 bits per heavy atom. The highest BCUT2D eigenvalue weighted by molar-refractivity contribution is 5.63. The summed E-state index contributed by atoms with van der Waals surface area (Å²) in [6.07, 6.45) is 2.55. The lowest BCUT2D eigenvalue weighted by atomic mass is 9.87. The average molecular weight is 625 g/mol. The van der Waals surface area contributed by atoms with Crippen molar-refractivity contribution in [3.63, 3.8) is 0 Å². The van der Waals surface area contributed by atoms with Crippen LogP contribution in [0.4, 0.5) is 0 Å². The number of likely N-dealkylation sites (N-methyl/N-ethyl adjacent to an activating group) is 2. The maximum absolute atomic E-state index is 14.0. The molecule has 6 bridgehead atoms. The molecule has 0 amide bonds. The molecule has 9 nitrogen and oxygen atoms in total. The van der Waals surface area contributed by atoms with Gasteiger partial charge in [0.1, 0.15) is 11.8 Å². The number of phenols is 1. The first-order valence-electron chi connectivity index (χ1n) is 15.7. The zero-order valence-corrected chi connectivity index (χ0v) is 27.0. The molecule has 0 aliphatic carbocycles. The van der Waals surface area contributed by atoms with Crippen molar-refractivity contribution in [2.45, 2.75) is 37.8 Å². The van der Waals surface area contributed by atoms with E-state index in [-0.39, 0.29) is 17.8 Å². The molecule has 4 aliphatic heterocycles. The molecule has 0 unspecified atom stereocenters. The third-order valence-corrected chi connectivity index (χ3v) is 9.88. The van der Waals surface area contributed by atoms with Crippen molar-refractivity contribution in [2.24, 2.45) is 0 Å². The number of quaternary nitrogens is 1. The van der Waals surface area contributed by atoms with Crippen LogP contribution in [-0.2, 0) is 25.7 Å². The van der Waals surface area contributed by atoms with Gasteiger partial charge in [-0.2, -0.15) is 0 Å². The molecule has 46 heavy (non-hydrogen) atoms. The van der Waals surface area contributed by atoms with Crippen LogP contribution in [-0.4, -0.2) is 63.2 Å². The molecule has 0 radical (unpaired) electrons. The molecule has 4 heterocycles. The van der Waals surface area contributed by atoms with Crippen molar-refractivity contribution < 1.29 is 33.4 Å². The van der Waals surface area contributed by atoms with E-state index >= 15 is 0 Å². The summed E-state index contributed by atoms with van der Waals surface area (Å²) in [5, 5.41) is 25.6. The van der Waals surface area contributed by atoms with Crippen LogP contribution < -0.4 is 23.7 Å². The highest BCUT2D eigenvalue weighted by atomic mass is 16.5. The summed E-state index contributed by atoms with van der Waals surface area (Å²) >= 11 is 0. The Kier molecular flexibility index (Phi) is 7.71. The van der Waals surface area contributed by atoms with E-state index in [1.807, 2.05) is 60.7 Å². The predicted octanol–water partition coefficient (Wildman–Crippen LogP) is 6.87. The number of hydrogen-bond donors (Lipinski definition) is 1. The van der Waals surface area contributed by atoms with Crippen LogP contribution in [0.5, 0.6) is 46.0 Å². The normalized spacial score (nSPS) is 22.0. The predicted molar refractivity (Wildman–Crippen MR) is 175 cm³/mol. The number of nitrogens with zero attached hydrogens (tertiary/aromatic N) is 2. The van der Waals surface area contributed by atoms with Crippen molar-refractivity contribution in [1.29, 1.82) is 0 Å². The average Bonchev–Trinajstić information content (AvgIpc) is 3.05. The third-order valence-electron chi connectivity index (χ3n) is 9.88. The van der Waals surface area contributed by atoms with E-state index in [9.17, 15) is 10.3 Å². The van der Waals surface area contributed by atoms with Gasteiger partial charge in [0.25, 0.3) is 0 Å². The van der Waals surface area contributed by atoms with E-state index < -0.39 is 4.65 Å². The van der Waals surface area contributed by atoms with Crippen LogP contribution in [0.1, 0.15) is 45.5 Å². The zero-order chi connectivity index (χ0) is 32.2. The molecule has 9 heteroatoms. The van der Waals surface area contributed by atoms with Gasteiger partial charge >= 0.3 is 0 Å². The second kappa shape index (κ2) is 11.7. The number of benzene rings is 4. The van der Waals surface area contributed by atoms with E-state index in [0.29, 0.717) is 66.1 Å². The van der Waals surface area contributed by atoms with Gasteiger partial charge in [-0.1, -0.05) is 18.2 Å². The molecular weight excluding hydrogens is 584 g/mol. The minimum atomic E-state index is -0.409. The van der Waals surface area contributed by atoms with Crippen molar-refractivity contribution in [3.8, 4) is 46.0 Å². The van der Waals surface area contributed by atoms with E-state index in [4.69, 9.17) is 23.7 Å². The van der Waals surface area contributed by atoms with Gasteiger partial charge in [0.05, 0.1) is 34.9 Å². The van der Waals surface area contributed by atoms with Gasteiger partial charge in [0.15, 0.2) is 34.5 Å². The van der Waals surface area contributed by atoms with Gasteiger partial charge in [0.2, 0.25) is 5.75 Å². The van der Waals surface area contributed by atoms with E-state index in [2.05, 4.69) is 11.9 Å². The summed E-state index contributed by atoms with van der Waals surface area (Å²) in [4.78, 5) is 2.28. The fourth-order valence-electron chi connectivity index (χ4n) is 7.24. The minimum absolute atomic E-state index is 0.0741.